The lowest BCUT2D eigenvalue weighted by atomic mass is 10.0. The number of non-ortho nitro benzene ring substituents is 1. The molecule has 2 rings (SSSR count). The first-order valence-electron chi connectivity index (χ1n) is 6.22. The number of alkyl halides is 1. The fraction of sp³-hybridized carbons (Fsp3) is 0.500. The summed E-state index contributed by atoms with van der Waals surface area (Å²) >= 11 is 0. The van der Waals surface area contributed by atoms with Gasteiger partial charge in [-0.3, -0.25) is 15.0 Å². The largest absolute Gasteiger partial charge is 0.505 e. The Kier molecular flexibility index (Phi) is 4.46. The molecule has 0 aliphatic carbocycles. The summed E-state index contributed by atoms with van der Waals surface area (Å²) in [5.41, 5.74) is -0.579. The molecule has 0 bridgehead atoms. The first-order valence-corrected chi connectivity index (χ1v) is 6.22. The molecule has 1 aromatic rings. The van der Waals surface area contributed by atoms with E-state index in [1.165, 1.54) is 0 Å². The summed E-state index contributed by atoms with van der Waals surface area (Å²) in [5.74, 6) is -1.83. The SMILES string of the molecule is O=[N+]([O-])c1cc(F)c(O)c([C@@H](CF)N2CCNCC2)c1. The summed E-state index contributed by atoms with van der Waals surface area (Å²) < 4.78 is 26.9. The molecule has 0 spiro atoms. The van der Waals surface area contributed by atoms with Gasteiger partial charge in [0.1, 0.15) is 6.67 Å². The summed E-state index contributed by atoms with van der Waals surface area (Å²) in [7, 11) is 0. The first-order chi connectivity index (χ1) is 9.54. The van der Waals surface area contributed by atoms with Crippen LogP contribution in [0.25, 0.3) is 0 Å². The highest BCUT2D eigenvalue weighted by atomic mass is 19.1. The normalized spacial score (nSPS) is 17.9. The minimum atomic E-state index is -1.11. The van der Waals surface area contributed by atoms with Gasteiger partial charge in [-0.15, -0.1) is 0 Å². The molecule has 1 fully saturated rings. The molecule has 8 heteroatoms. The Balaban J connectivity index is 2.39. The number of phenols is 1. The number of nitro benzene ring substituents is 1. The van der Waals surface area contributed by atoms with Crippen molar-refractivity contribution in [3.8, 4) is 5.75 Å². The van der Waals surface area contributed by atoms with Gasteiger partial charge in [0.15, 0.2) is 11.6 Å². The zero-order valence-electron chi connectivity index (χ0n) is 10.7. The molecule has 1 aromatic carbocycles. The van der Waals surface area contributed by atoms with Gasteiger partial charge in [-0.1, -0.05) is 0 Å². The van der Waals surface area contributed by atoms with Gasteiger partial charge in [0.2, 0.25) is 0 Å². The number of rotatable bonds is 4. The zero-order valence-corrected chi connectivity index (χ0v) is 10.7. The predicted octanol–water partition coefficient (Wildman–Crippen LogP) is 1.36. The standard InChI is InChI=1S/C12H15F2N3O3/c13-7-11(16-3-1-15-2-4-16)9-5-8(17(19)20)6-10(14)12(9)18/h5-6,11,15,18H,1-4,7H2/t11-/m1/s1. The highest BCUT2D eigenvalue weighted by Crippen LogP contribution is 2.34. The van der Waals surface area contributed by atoms with Crippen molar-refractivity contribution in [1.82, 2.24) is 10.2 Å². The molecular formula is C12H15F2N3O3. The maximum Gasteiger partial charge on any atom is 0.272 e. The second-order valence-electron chi connectivity index (χ2n) is 4.58. The molecule has 0 saturated carbocycles. The molecule has 1 atom stereocenters. The van der Waals surface area contributed by atoms with E-state index in [4.69, 9.17) is 0 Å². The highest BCUT2D eigenvalue weighted by Gasteiger charge is 2.28. The van der Waals surface area contributed by atoms with Gasteiger partial charge in [-0.2, -0.15) is 0 Å². The zero-order chi connectivity index (χ0) is 14.7. The van der Waals surface area contributed by atoms with E-state index in [9.17, 15) is 24.0 Å². The average Bonchev–Trinajstić information content (AvgIpc) is 2.45. The van der Waals surface area contributed by atoms with Crippen LogP contribution < -0.4 is 5.32 Å². The van der Waals surface area contributed by atoms with E-state index in [0.717, 1.165) is 6.07 Å². The molecule has 1 heterocycles. The Labute approximate surface area is 114 Å². The Morgan fingerprint density at radius 2 is 2.10 bits per heavy atom. The Morgan fingerprint density at radius 1 is 1.45 bits per heavy atom. The third kappa shape index (κ3) is 2.86. The van der Waals surface area contributed by atoms with Gasteiger partial charge >= 0.3 is 0 Å². The average molecular weight is 287 g/mol. The number of nitrogens with zero attached hydrogens (tertiary/aromatic N) is 2. The van der Waals surface area contributed by atoms with Crippen LogP contribution >= 0.6 is 0 Å². The molecule has 1 aliphatic heterocycles. The van der Waals surface area contributed by atoms with Crippen molar-refractivity contribution in [2.75, 3.05) is 32.9 Å². The van der Waals surface area contributed by atoms with Crippen LogP contribution in [0.4, 0.5) is 14.5 Å². The van der Waals surface area contributed by atoms with E-state index >= 15 is 0 Å². The van der Waals surface area contributed by atoms with Gasteiger partial charge in [0, 0.05) is 37.8 Å². The number of benzene rings is 1. The summed E-state index contributed by atoms with van der Waals surface area (Å²) in [5, 5.41) is 23.6. The van der Waals surface area contributed by atoms with Crippen LogP contribution in [0.2, 0.25) is 0 Å². The van der Waals surface area contributed by atoms with Crippen molar-refractivity contribution in [2.24, 2.45) is 0 Å². The van der Waals surface area contributed by atoms with Gasteiger partial charge in [-0.25, -0.2) is 8.78 Å². The molecule has 1 saturated heterocycles. The fourth-order valence-electron chi connectivity index (χ4n) is 2.34. The van der Waals surface area contributed by atoms with Crippen molar-refractivity contribution >= 4 is 5.69 Å². The van der Waals surface area contributed by atoms with Gasteiger partial charge in [-0.05, 0) is 0 Å². The maximum atomic E-state index is 13.6. The quantitative estimate of drug-likeness (QED) is 0.645. The number of halogens is 2. The third-order valence-corrected chi connectivity index (χ3v) is 3.39. The molecule has 0 radical (unpaired) electrons. The second kappa shape index (κ2) is 6.10. The van der Waals surface area contributed by atoms with E-state index in [1.807, 2.05) is 0 Å². The summed E-state index contributed by atoms with van der Waals surface area (Å²) in [6.07, 6.45) is 0. The smallest absolute Gasteiger partial charge is 0.272 e. The van der Waals surface area contributed by atoms with E-state index in [2.05, 4.69) is 5.32 Å². The van der Waals surface area contributed by atoms with Crippen LogP contribution in [0.15, 0.2) is 12.1 Å². The van der Waals surface area contributed by atoms with Gasteiger partial charge < -0.3 is 10.4 Å². The molecule has 0 amide bonds. The van der Waals surface area contributed by atoms with Crippen LogP contribution in [0.3, 0.4) is 0 Å². The fourth-order valence-corrected chi connectivity index (χ4v) is 2.34. The molecule has 110 valence electrons. The number of nitro groups is 1. The highest BCUT2D eigenvalue weighted by molar-refractivity contribution is 5.46. The number of aromatic hydroxyl groups is 1. The Bertz CT molecular complexity index is 507. The molecule has 0 aromatic heterocycles. The molecule has 2 N–H and O–H groups in total. The molecule has 1 aliphatic rings. The molecule has 6 nitrogen and oxygen atoms in total. The predicted molar refractivity (Wildman–Crippen MR) is 67.9 cm³/mol. The number of nitrogens with one attached hydrogen (secondary N) is 1. The van der Waals surface area contributed by atoms with Crippen LogP contribution in [0, 0.1) is 15.9 Å². The van der Waals surface area contributed by atoms with E-state index in [1.54, 1.807) is 4.90 Å². The van der Waals surface area contributed by atoms with Crippen molar-refractivity contribution in [1.29, 1.82) is 0 Å². The van der Waals surface area contributed by atoms with Crippen molar-refractivity contribution in [3.05, 3.63) is 33.6 Å². The summed E-state index contributed by atoms with van der Waals surface area (Å²) in [6.45, 7) is 1.49. The van der Waals surface area contributed by atoms with E-state index in [0.29, 0.717) is 32.2 Å². The topological polar surface area (TPSA) is 78.6 Å². The lowest BCUT2D eigenvalue weighted by Crippen LogP contribution is -2.45. The van der Waals surface area contributed by atoms with Crippen molar-refractivity contribution in [3.63, 3.8) is 0 Å². The number of hydrogen-bond donors (Lipinski definition) is 2. The molecular weight excluding hydrogens is 272 g/mol. The van der Waals surface area contributed by atoms with Gasteiger partial charge in [0.05, 0.1) is 17.0 Å². The first kappa shape index (κ1) is 14.6. The van der Waals surface area contributed by atoms with E-state index < -0.39 is 34.9 Å². The molecule has 0 unspecified atom stereocenters. The van der Waals surface area contributed by atoms with Crippen LogP contribution in [-0.2, 0) is 0 Å². The van der Waals surface area contributed by atoms with Gasteiger partial charge in [0.25, 0.3) is 5.69 Å². The number of piperazine rings is 1. The Morgan fingerprint density at radius 3 is 2.65 bits per heavy atom. The van der Waals surface area contributed by atoms with Crippen LogP contribution in [0.1, 0.15) is 11.6 Å². The summed E-state index contributed by atoms with van der Waals surface area (Å²) in [4.78, 5) is 11.7. The monoisotopic (exact) mass is 287 g/mol. The van der Waals surface area contributed by atoms with Crippen molar-refractivity contribution < 1.29 is 18.8 Å². The maximum absolute atomic E-state index is 13.6. The van der Waals surface area contributed by atoms with Crippen LogP contribution in [-0.4, -0.2) is 47.8 Å². The summed E-state index contributed by atoms with van der Waals surface area (Å²) in [6, 6.07) is 0.780. The number of phenolic OH excluding ortho intramolecular Hbond substituents is 1. The molecule has 20 heavy (non-hydrogen) atoms. The Hall–Kier alpha value is -1.80. The van der Waals surface area contributed by atoms with Crippen molar-refractivity contribution in [2.45, 2.75) is 6.04 Å². The van der Waals surface area contributed by atoms with Crippen LogP contribution in [0.5, 0.6) is 5.75 Å². The minimum Gasteiger partial charge on any atom is -0.505 e. The minimum absolute atomic E-state index is 0.0823. The number of hydrogen-bond acceptors (Lipinski definition) is 5. The van der Waals surface area contributed by atoms with E-state index in [-0.39, 0.29) is 5.56 Å². The third-order valence-electron chi connectivity index (χ3n) is 3.39. The lowest BCUT2D eigenvalue weighted by molar-refractivity contribution is -0.385. The second-order valence-corrected chi connectivity index (χ2v) is 4.58. The lowest BCUT2D eigenvalue weighted by Gasteiger charge is -2.33.